The lowest BCUT2D eigenvalue weighted by Gasteiger charge is -2.43. The first-order valence-electron chi connectivity index (χ1n) is 13.2. The van der Waals surface area contributed by atoms with E-state index in [1.54, 1.807) is 12.1 Å². The highest BCUT2D eigenvalue weighted by Gasteiger charge is 2.39. The number of likely N-dealkylation sites (tertiary alicyclic amines) is 1. The molecule has 7 nitrogen and oxygen atoms in total. The van der Waals surface area contributed by atoms with E-state index in [4.69, 9.17) is 27.9 Å². The van der Waals surface area contributed by atoms with Crippen molar-refractivity contribution in [1.82, 2.24) is 14.9 Å². The monoisotopic (exact) mass is 603 g/mol. The van der Waals surface area contributed by atoms with Crippen molar-refractivity contribution in [1.29, 1.82) is 0 Å². The number of rotatable bonds is 12. The number of piperidine rings is 1. The van der Waals surface area contributed by atoms with Gasteiger partial charge in [-0.2, -0.15) is 0 Å². The van der Waals surface area contributed by atoms with Crippen LogP contribution in [0.3, 0.4) is 0 Å². The third-order valence-corrected chi connectivity index (χ3v) is 8.73. The summed E-state index contributed by atoms with van der Waals surface area (Å²) in [6, 6.07) is 24.6. The molecule has 1 aliphatic heterocycles. The second kappa shape index (κ2) is 13.9. The molecule has 0 bridgehead atoms. The molecule has 0 radical (unpaired) electrons. The van der Waals surface area contributed by atoms with Gasteiger partial charge >= 0.3 is 0 Å². The van der Waals surface area contributed by atoms with E-state index < -0.39 is 21.5 Å². The largest absolute Gasteiger partial charge is 0.375 e. The zero-order valence-electron chi connectivity index (χ0n) is 22.5. The molecule has 1 unspecified atom stereocenters. The summed E-state index contributed by atoms with van der Waals surface area (Å²) in [6.07, 6.45) is 2.45. The highest BCUT2D eigenvalue weighted by atomic mass is 35.5. The maximum Gasteiger partial charge on any atom is 0.242 e. The van der Waals surface area contributed by atoms with E-state index in [0.29, 0.717) is 55.7 Å². The third-order valence-electron chi connectivity index (χ3n) is 7.32. The van der Waals surface area contributed by atoms with Crippen molar-refractivity contribution in [2.75, 3.05) is 32.5 Å². The molecule has 10 heteroatoms. The molecule has 1 heterocycles. The molecule has 1 fully saturated rings. The SMILES string of the molecule is CS(=O)(=O)NCC1(c2ccccc2)CCN(C(=O)C(COCc2ccc(Cl)c(Cl)c2)NCc2ccccc2)CC1. The van der Waals surface area contributed by atoms with E-state index in [0.717, 1.165) is 16.7 Å². The topological polar surface area (TPSA) is 87.7 Å². The Morgan fingerprint density at radius 3 is 2.23 bits per heavy atom. The second-order valence-electron chi connectivity index (χ2n) is 10.2. The Morgan fingerprint density at radius 2 is 1.60 bits per heavy atom. The number of amides is 1. The molecule has 0 aromatic heterocycles. The molecule has 40 heavy (non-hydrogen) atoms. The lowest BCUT2D eigenvalue weighted by molar-refractivity contribution is -0.137. The first-order chi connectivity index (χ1) is 19.2. The summed E-state index contributed by atoms with van der Waals surface area (Å²) in [5.41, 5.74) is 2.62. The van der Waals surface area contributed by atoms with Crippen LogP contribution in [-0.4, -0.2) is 57.8 Å². The molecule has 3 aromatic rings. The van der Waals surface area contributed by atoms with Crippen molar-refractivity contribution in [3.63, 3.8) is 0 Å². The van der Waals surface area contributed by atoms with Crippen LogP contribution in [0.25, 0.3) is 0 Å². The Balaban J connectivity index is 1.44. The fourth-order valence-electron chi connectivity index (χ4n) is 4.98. The third kappa shape index (κ3) is 8.52. The van der Waals surface area contributed by atoms with E-state index in [9.17, 15) is 13.2 Å². The van der Waals surface area contributed by atoms with Crippen molar-refractivity contribution in [2.24, 2.45) is 0 Å². The van der Waals surface area contributed by atoms with Crippen molar-refractivity contribution >= 4 is 39.1 Å². The maximum absolute atomic E-state index is 13.8. The van der Waals surface area contributed by atoms with Crippen molar-refractivity contribution in [3.05, 3.63) is 106 Å². The molecule has 214 valence electrons. The Labute approximate surface area is 246 Å². The van der Waals surface area contributed by atoms with Crippen LogP contribution in [0.15, 0.2) is 78.9 Å². The molecule has 3 aromatic carbocycles. The summed E-state index contributed by atoms with van der Waals surface area (Å²) >= 11 is 12.2. The minimum Gasteiger partial charge on any atom is -0.375 e. The number of carbonyl (C=O) groups is 1. The van der Waals surface area contributed by atoms with Gasteiger partial charge in [0.15, 0.2) is 0 Å². The number of hydrogen-bond donors (Lipinski definition) is 2. The second-order valence-corrected chi connectivity index (χ2v) is 12.9. The molecule has 1 aliphatic rings. The Kier molecular flexibility index (Phi) is 10.6. The first-order valence-corrected chi connectivity index (χ1v) is 15.9. The molecule has 0 saturated carbocycles. The number of hydrogen-bond acceptors (Lipinski definition) is 5. The minimum atomic E-state index is -3.36. The maximum atomic E-state index is 13.8. The van der Waals surface area contributed by atoms with Crippen LogP contribution in [0.5, 0.6) is 0 Å². The van der Waals surface area contributed by atoms with Crippen LogP contribution in [0.1, 0.15) is 29.5 Å². The van der Waals surface area contributed by atoms with Gasteiger partial charge in [0.1, 0.15) is 6.04 Å². The lowest BCUT2D eigenvalue weighted by Crippen LogP contribution is -2.55. The molecular weight excluding hydrogens is 569 g/mol. The van der Waals surface area contributed by atoms with Gasteiger partial charge in [-0.25, -0.2) is 13.1 Å². The quantitative estimate of drug-likeness (QED) is 0.311. The number of carbonyl (C=O) groups excluding carboxylic acids is 1. The summed E-state index contributed by atoms with van der Waals surface area (Å²) in [4.78, 5) is 15.6. The number of benzene rings is 3. The van der Waals surface area contributed by atoms with Crippen molar-refractivity contribution in [2.45, 2.75) is 37.5 Å². The fourth-order valence-corrected chi connectivity index (χ4v) is 5.84. The van der Waals surface area contributed by atoms with E-state index in [2.05, 4.69) is 10.0 Å². The molecule has 1 atom stereocenters. The Hall–Kier alpha value is -2.46. The summed E-state index contributed by atoms with van der Waals surface area (Å²) in [6.45, 7) is 2.31. The van der Waals surface area contributed by atoms with Crippen LogP contribution < -0.4 is 10.0 Å². The molecular formula is C30H35Cl2N3O4S. The smallest absolute Gasteiger partial charge is 0.242 e. The Morgan fingerprint density at radius 1 is 0.950 bits per heavy atom. The number of ether oxygens (including phenoxy) is 1. The summed E-state index contributed by atoms with van der Waals surface area (Å²) < 4.78 is 32.5. The van der Waals surface area contributed by atoms with E-state index in [1.807, 2.05) is 71.6 Å². The number of sulfonamides is 1. The van der Waals surface area contributed by atoms with Crippen LogP contribution in [-0.2, 0) is 38.1 Å². The number of nitrogens with one attached hydrogen (secondary N) is 2. The zero-order chi connectivity index (χ0) is 28.6. The molecule has 2 N–H and O–H groups in total. The van der Waals surface area contributed by atoms with Gasteiger partial charge in [0.05, 0.1) is 29.5 Å². The average Bonchev–Trinajstić information content (AvgIpc) is 2.96. The van der Waals surface area contributed by atoms with Crippen LogP contribution >= 0.6 is 23.2 Å². The predicted molar refractivity (Wildman–Crippen MR) is 160 cm³/mol. The molecule has 0 spiro atoms. The van der Waals surface area contributed by atoms with Crippen LogP contribution in [0.4, 0.5) is 0 Å². The van der Waals surface area contributed by atoms with Crippen LogP contribution in [0, 0.1) is 0 Å². The highest BCUT2D eigenvalue weighted by Crippen LogP contribution is 2.35. The van der Waals surface area contributed by atoms with Crippen LogP contribution in [0.2, 0.25) is 10.0 Å². The van der Waals surface area contributed by atoms with Gasteiger partial charge in [0, 0.05) is 31.6 Å². The molecule has 1 amide bonds. The summed E-state index contributed by atoms with van der Waals surface area (Å²) in [5.74, 6) is -0.0391. The lowest BCUT2D eigenvalue weighted by atomic mass is 9.73. The van der Waals surface area contributed by atoms with E-state index >= 15 is 0 Å². The Bertz CT molecular complexity index is 1370. The summed E-state index contributed by atoms with van der Waals surface area (Å²) in [7, 11) is -3.36. The van der Waals surface area contributed by atoms with Gasteiger partial charge in [-0.3, -0.25) is 10.1 Å². The summed E-state index contributed by atoms with van der Waals surface area (Å²) in [5, 5.41) is 4.32. The van der Waals surface area contributed by atoms with Gasteiger partial charge in [0.25, 0.3) is 0 Å². The number of halogens is 2. The zero-order valence-corrected chi connectivity index (χ0v) is 24.8. The minimum absolute atomic E-state index is 0.0391. The average molecular weight is 605 g/mol. The van der Waals surface area contributed by atoms with Gasteiger partial charge < -0.3 is 9.64 Å². The molecule has 4 rings (SSSR count). The normalized spacial score (nSPS) is 16.0. The highest BCUT2D eigenvalue weighted by molar-refractivity contribution is 7.88. The fraction of sp³-hybridized carbons (Fsp3) is 0.367. The standard InChI is InChI=1S/C30H35Cl2N3O4S/c1-40(37,38)34-22-30(25-10-6-3-7-11-25)14-16-35(17-15-30)29(36)28(33-19-23-8-4-2-5-9-23)21-39-20-24-12-13-26(31)27(32)18-24/h2-13,18,28,33-34H,14-17,19-22H2,1H3. The van der Waals surface area contributed by atoms with Gasteiger partial charge in [-0.05, 0) is 41.7 Å². The van der Waals surface area contributed by atoms with Gasteiger partial charge in [0.2, 0.25) is 15.9 Å². The molecule has 0 aliphatic carbocycles. The van der Waals surface area contributed by atoms with Crippen molar-refractivity contribution in [3.8, 4) is 0 Å². The predicted octanol–water partition coefficient (Wildman–Crippen LogP) is 4.78. The first kappa shape index (κ1) is 30.5. The van der Waals surface area contributed by atoms with E-state index in [-0.39, 0.29) is 12.5 Å². The molecule has 1 saturated heterocycles. The van der Waals surface area contributed by atoms with Gasteiger partial charge in [-0.1, -0.05) is 89.9 Å². The van der Waals surface area contributed by atoms with Gasteiger partial charge in [-0.15, -0.1) is 0 Å². The van der Waals surface area contributed by atoms with E-state index in [1.165, 1.54) is 6.26 Å². The van der Waals surface area contributed by atoms with Crippen molar-refractivity contribution < 1.29 is 17.9 Å². The number of nitrogens with zero attached hydrogens (tertiary/aromatic N) is 1.